The van der Waals surface area contributed by atoms with E-state index in [1.807, 2.05) is 18.8 Å². The van der Waals surface area contributed by atoms with Crippen LogP contribution in [0.5, 0.6) is 69.9 Å². The maximum atomic E-state index is 13.1. The first-order valence-corrected chi connectivity index (χ1v) is 54.5. The number of halogens is 8. The van der Waals surface area contributed by atoms with Gasteiger partial charge in [0.25, 0.3) is 22.9 Å². The summed E-state index contributed by atoms with van der Waals surface area (Å²) in [6.45, 7) is -0.962. The molecule has 0 unspecified atom stereocenters. The number of rotatable bonds is 26. The number of ether oxygens (including phenoxy) is 7. The number of nitrogens with zero attached hydrogens (tertiary/aromatic N) is 9. The predicted molar refractivity (Wildman–Crippen MR) is 532 cm³/mol. The number of sulfone groups is 1. The molecule has 774 valence electrons. The van der Waals surface area contributed by atoms with Crippen LogP contribution >= 0.6 is 70.1 Å². The molecule has 31 nitrogen and oxygen atoms in total. The van der Waals surface area contributed by atoms with E-state index in [1.54, 1.807) is 6.07 Å². The molecule has 8 N–H and O–H groups in total. The van der Waals surface area contributed by atoms with Gasteiger partial charge in [-0.25, -0.2) is 50.1 Å². The van der Waals surface area contributed by atoms with E-state index in [1.165, 1.54) is 258 Å². The SMILES string of the molecule is CS(=O)(=O)c1nc(OCC(=O)NC23CC4CC(CC(C4)C2)C3)cc(Oc2ccc(F)cc2)n1.CSc1nc(Cl)cc(Cl)n1.CSc1nc(Cl)cc(Oc2ccc(F)cc2)n1.CSc1nc(OCC(=O)NC23CC4CC(CC(C4)C2)C3)cc(Oc2ccc(F)cc2)n1.O=C(CO)NC12CC3CC(CC(C3)C1)C2.O=C(COc1cc(Oc2ccc(F)cc2)[nH]c(=O)n1)NC12CC3CC(CC(C3)C1)C2.Oc1ccc(F)cc1.[Na+].[OH-]. The molecule has 0 saturated heterocycles. The quantitative estimate of drug-likeness (QED) is 0.00870. The van der Waals surface area contributed by atoms with Crippen LogP contribution in [0.15, 0.2) is 177 Å². The Balaban J connectivity index is 0.000000141. The van der Waals surface area contributed by atoms with Crippen molar-refractivity contribution in [2.45, 2.75) is 197 Å². The molecule has 16 fully saturated rings. The number of aromatic hydroxyl groups is 1. The zero-order valence-electron chi connectivity index (χ0n) is 80.9. The molecular formula is C102H113Cl3F5N14NaO17S4. The Labute approximate surface area is 891 Å². The van der Waals surface area contributed by atoms with Gasteiger partial charge in [0.05, 0.1) is 18.2 Å². The molecule has 0 spiro atoms. The summed E-state index contributed by atoms with van der Waals surface area (Å²) in [7, 11) is -3.76. The zero-order chi connectivity index (χ0) is 102. The van der Waals surface area contributed by atoms with Gasteiger partial charge in [0.2, 0.25) is 56.9 Å². The fourth-order valence-electron chi connectivity index (χ4n) is 24.5. The monoisotopic (exact) mass is 2160 g/mol. The third-order valence-electron chi connectivity index (χ3n) is 28.1. The third-order valence-corrected chi connectivity index (χ3v) is 31.2. The number of amides is 4. The summed E-state index contributed by atoms with van der Waals surface area (Å²) in [5.41, 5.74) is -0.869. The Morgan fingerprint density at radius 2 is 0.616 bits per heavy atom. The first kappa shape index (κ1) is 112. The van der Waals surface area contributed by atoms with Gasteiger partial charge in [0, 0.05) is 40.5 Å². The summed E-state index contributed by atoms with van der Waals surface area (Å²) in [4.78, 5) is 99.6. The number of phenolic OH excluding ortho intramolecular Hbond substituents is 1. The standard InChI is InChI=1S/C23H26FN3O5S.C23H26FN3O3S.C22H24FN3O4.C12H19NO2.C11H8ClFN2OS.C6H5FO.C5H4Cl2N2S.Na.H2O/c1-33(29,30)22-25-20(9-21(26-22)32-18-4-2-17(24)3-5-18)31-13-19(28)27-23-10-14-6-15(11-23)8-16(7-14)12-23;1-31-22-25-20(9-21(26-22)30-18-4-2-17(24)3-5-18)29-13-19(28)27-23-10-14-6-15(11-23)8-16(7-14)12-23;23-16-1-3-17(4-2-16)30-20-8-19(24-21(28)25-20)29-12-18(27)26-22-9-13-5-14(10-22)7-15(6-13)11-22;14-7-11(15)13-12-4-8-1-9(5-12)3-10(2-8)6-12;1-17-11-14-9(12)6-10(15-11)16-8-4-2-7(13)3-5-8;7-5-1-3-6(8)4-2-5;1-10-5-8-3(6)2-4(7)9-5;;/h2-5,9,14-16H,6-8,10-13H2,1H3,(H,27,28);2-5,9,14-16H,6-8,10-13H2,1H3,(H,27,28);1-4,8,13-15H,5-7,9-12H2,(H,26,27)(H,24,25,28);8-10,14H,1-7H2,(H,13,15);2-6H,1H3;1-4,8H;2H,1H3;;1H2/q;;;;;;;+1;/p-1. The van der Waals surface area contributed by atoms with Crippen molar-refractivity contribution in [2.24, 2.45) is 71.0 Å². The molecule has 0 atom stereocenters. The Morgan fingerprint density at radius 1 is 0.370 bits per heavy atom. The second-order valence-electron chi connectivity index (χ2n) is 39.7. The average molecular weight is 2160 g/mol. The van der Waals surface area contributed by atoms with E-state index >= 15 is 0 Å². The summed E-state index contributed by atoms with van der Waals surface area (Å²) in [6.07, 6.45) is 35.4. The van der Waals surface area contributed by atoms with Gasteiger partial charge in [0.15, 0.2) is 35.3 Å². The van der Waals surface area contributed by atoms with E-state index in [9.17, 15) is 54.3 Å². The Morgan fingerprint density at radius 3 is 0.918 bits per heavy atom. The number of aromatic amines is 1. The number of aliphatic hydroxyl groups is 1. The second-order valence-corrected chi connectivity index (χ2v) is 45.1. The van der Waals surface area contributed by atoms with Crippen LogP contribution in [0.1, 0.15) is 154 Å². The summed E-state index contributed by atoms with van der Waals surface area (Å²) in [6, 6.07) is 34.2. The summed E-state index contributed by atoms with van der Waals surface area (Å²) in [5, 5.41) is 32.4. The van der Waals surface area contributed by atoms with E-state index in [0.29, 0.717) is 71.8 Å². The van der Waals surface area contributed by atoms with Gasteiger partial charge >= 0.3 is 35.2 Å². The molecule has 10 aromatic rings. The van der Waals surface area contributed by atoms with Crippen molar-refractivity contribution in [2.75, 3.05) is 51.5 Å². The zero-order valence-corrected chi connectivity index (χ0v) is 88.4. The maximum absolute atomic E-state index is 13.1. The fourth-order valence-corrected chi connectivity index (χ4v) is 26.9. The number of H-pyrrole nitrogens is 1. The molecule has 16 saturated carbocycles. The minimum absolute atomic E-state index is 0. The van der Waals surface area contributed by atoms with E-state index in [0.717, 1.165) is 137 Å². The number of phenols is 1. The molecule has 16 aliphatic rings. The minimum Gasteiger partial charge on any atom is -0.870 e. The van der Waals surface area contributed by atoms with Crippen LogP contribution in [0.4, 0.5) is 22.0 Å². The molecule has 4 amide bonds. The molecule has 5 aromatic carbocycles. The minimum atomic E-state index is -3.76. The normalized spacial score (nSPS) is 25.5. The first-order chi connectivity index (χ1) is 68.9. The molecule has 16 aliphatic carbocycles. The third kappa shape index (κ3) is 31.8. The largest absolute Gasteiger partial charge is 1.00 e. The molecule has 44 heteroatoms. The number of carbonyl (C=O) groups excluding carboxylic acids is 4. The van der Waals surface area contributed by atoms with Gasteiger partial charge in [0.1, 0.15) is 79.9 Å². The van der Waals surface area contributed by atoms with Gasteiger partial charge in [-0.05, 0) is 365 Å². The van der Waals surface area contributed by atoms with E-state index in [-0.39, 0.29) is 177 Å². The molecule has 0 aliphatic heterocycles. The van der Waals surface area contributed by atoms with Crippen molar-refractivity contribution in [1.82, 2.24) is 71.1 Å². The predicted octanol–water partition coefficient (Wildman–Crippen LogP) is 16.7. The maximum Gasteiger partial charge on any atom is 1.00 e. The van der Waals surface area contributed by atoms with Crippen LogP contribution in [0.2, 0.25) is 15.5 Å². The summed E-state index contributed by atoms with van der Waals surface area (Å²) >= 11 is 21.1. The van der Waals surface area contributed by atoms with Gasteiger partial charge in [-0.3, -0.25) is 24.2 Å². The summed E-state index contributed by atoms with van der Waals surface area (Å²) < 4.78 is 127. The van der Waals surface area contributed by atoms with Crippen molar-refractivity contribution in [3.05, 3.63) is 207 Å². The van der Waals surface area contributed by atoms with Crippen molar-refractivity contribution in [3.8, 4) is 69.9 Å². The van der Waals surface area contributed by atoms with Crippen LogP contribution in [0.25, 0.3) is 0 Å². The molecule has 16 bridgehead atoms. The van der Waals surface area contributed by atoms with Crippen LogP contribution < -0.4 is 89.7 Å². The van der Waals surface area contributed by atoms with Crippen LogP contribution in [-0.2, 0) is 29.0 Å². The van der Waals surface area contributed by atoms with Gasteiger partial charge < -0.3 is 70.1 Å². The number of thioether (sulfide) groups is 3. The van der Waals surface area contributed by atoms with Crippen LogP contribution in [0, 0.1) is 100 Å². The Kier molecular flexibility index (Phi) is 38.3. The van der Waals surface area contributed by atoms with Crippen molar-refractivity contribution in [1.29, 1.82) is 0 Å². The van der Waals surface area contributed by atoms with E-state index in [4.69, 9.17) is 78.2 Å². The number of carbonyl (C=O) groups is 4. The van der Waals surface area contributed by atoms with Crippen LogP contribution in [0.3, 0.4) is 0 Å². The second kappa shape index (κ2) is 50.1. The molecular weight excluding hydrogens is 2050 g/mol. The van der Waals surface area contributed by atoms with Crippen LogP contribution in [-0.4, -0.2) is 171 Å². The Bertz CT molecular complexity index is 6180. The molecule has 5 aromatic heterocycles. The van der Waals surface area contributed by atoms with E-state index in [2.05, 4.69) is 71.1 Å². The number of aliphatic hydroxyl groups excluding tert-OH is 1. The molecule has 146 heavy (non-hydrogen) atoms. The van der Waals surface area contributed by atoms with Gasteiger partial charge in [-0.15, -0.1) is 0 Å². The Hall–Kier alpha value is -9.98. The smallest absolute Gasteiger partial charge is 0.870 e. The molecule has 0 radical (unpaired) electrons. The van der Waals surface area contributed by atoms with Crippen molar-refractivity contribution in [3.63, 3.8) is 0 Å². The number of hydrogen-bond acceptors (Lipinski definition) is 29. The number of nitrogens with one attached hydrogen (secondary N) is 5. The van der Waals surface area contributed by atoms with Crippen molar-refractivity contribution >= 4 is 104 Å². The molecule has 26 rings (SSSR count). The first-order valence-electron chi connectivity index (χ1n) is 47.8. The number of aromatic nitrogens is 10. The van der Waals surface area contributed by atoms with Gasteiger partial charge in [-0.1, -0.05) is 70.1 Å². The van der Waals surface area contributed by atoms with Gasteiger partial charge in [-0.2, -0.15) is 29.9 Å². The number of benzene rings is 5. The number of hydrogen-bond donors (Lipinski definition) is 7. The van der Waals surface area contributed by atoms with Crippen molar-refractivity contribution < 1.29 is 128 Å². The summed E-state index contributed by atoms with van der Waals surface area (Å²) in [5.74, 6) is 9.03. The van der Waals surface area contributed by atoms with E-state index < -0.39 is 26.5 Å². The average Bonchev–Trinajstić information content (AvgIpc) is 0.760. The topological polar surface area (TPSA) is 434 Å². The fraction of sp³-hybridized carbons (Fsp3) is 0.471. The molecule has 5 heterocycles.